The van der Waals surface area contributed by atoms with Gasteiger partial charge < -0.3 is 0 Å². The van der Waals surface area contributed by atoms with Gasteiger partial charge in [0.25, 0.3) is 0 Å². The molecular formula is C13H16FN3O2S. The molecule has 0 aliphatic heterocycles. The van der Waals surface area contributed by atoms with E-state index in [0.29, 0.717) is 5.56 Å². The molecule has 0 fully saturated rings. The van der Waals surface area contributed by atoms with Gasteiger partial charge in [0, 0.05) is 18.8 Å². The Morgan fingerprint density at radius 1 is 1.40 bits per heavy atom. The molecule has 0 saturated heterocycles. The van der Waals surface area contributed by atoms with Gasteiger partial charge in [-0.1, -0.05) is 12.1 Å². The molecule has 20 heavy (non-hydrogen) atoms. The van der Waals surface area contributed by atoms with Crippen LogP contribution >= 0.6 is 0 Å². The van der Waals surface area contributed by atoms with E-state index in [0.717, 1.165) is 0 Å². The lowest BCUT2D eigenvalue weighted by Gasteiger charge is -2.05. The van der Waals surface area contributed by atoms with E-state index < -0.39 is 15.8 Å². The average Bonchev–Trinajstić information content (AvgIpc) is 2.87. The molecule has 108 valence electrons. The van der Waals surface area contributed by atoms with Crippen LogP contribution < -0.4 is 4.72 Å². The summed E-state index contributed by atoms with van der Waals surface area (Å²) in [4.78, 5) is 0.0996. The lowest BCUT2D eigenvalue weighted by atomic mass is 10.2. The quantitative estimate of drug-likeness (QED) is 0.919. The molecule has 0 aliphatic rings. The van der Waals surface area contributed by atoms with E-state index in [2.05, 4.69) is 9.82 Å². The van der Waals surface area contributed by atoms with E-state index in [1.54, 1.807) is 10.7 Å². The highest BCUT2D eigenvalue weighted by Gasteiger charge is 2.16. The van der Waals surface area contributed by atoms with Crippen LogP contribution in [0.25, 0.3) is 0 Å². The van der Waals surface area contributed by atoms with Crippen LogP contribution in [-0.4, -0.2) is 18.2 Å². The molecule has 1 aromatic carbocycles. The number of benzene rings is 1. The highest BCUT2D eigenvalue weighted by atomic mass is 32.2. The topological polar surface area (TPSA) is 64.0 Å². The van der Waals surface area contributed by atoms with Gasteiger partial charge >= 0.3 is 0 Å². The van der Waals surface area contributed by atoms with Crippen molar-refractivity contribution in [2.45, 2.75) is 31.3 Å². The molecule has 0 atom stereocenters. The Labute approximate surface area is 117 Å². The number of nitrogens with one attached hydrogen (secondary N) is 1. The number of hydrogen-bond acceptors (Lipinski definition) is 3. The molecule has 5 nitrogen and oxygen atoms in total. The lowest BCUT2D eigenvalue weighted by Crippen LogP contribution is -2.23. The number of aromatic nitrogens is 2. The maximum atomic E-state index is 13.0. The summed E-state index contributed by atoms with van der Waals surface area (Å²) in [6.45, 7) is 3.85. The minimum atomic E-state index is -3.64. The van der Waals surface area contributed by atoms with Crippen molar-refractivity contribution in [3.8, 4) is 0 Å². The van der Waals surface area contributed by atoms with Crippen LogP contribution in [0.5, 0.6) is 0 Å². The molecule has 0 bridgehead atoms. The normalized spacial score (nSPS) is 12.0. The van der Waals surface area contributed by atoms with Crippen molar-refractivity contribution in [1.29, 1.82) is 0 Å². The third-order valence-electron chi connectivity index (χ3n) is 2.77. The summed E-state index contributed by atoms with van der Waals surface area (Å²) >= 11 is 0. The first-order valence-electron chi connectivity index (χ1n) is 6.17. The maximum Gasteiger partial charge on any atom is 0.243 e. The molecule has 7 heteroatoms. The molecule has 0 saturated carbocycles. The first kappa shape index (κ1) is 14.7. The summed E-state index contributed by atoms with van der Waals surface area (Å²) in [5.74, 6) is -0.394. The predicted molar refractivity (Wildman–Crippen MR) is 73.0 cm³/mol. The molecular weight excluding hydrogens is 281 g/mol. The Hall–Kier alpha value is -1.73. The number of rotatable bonds is 5. The fourth-order valence-electron chi connectivity index (χ4n) is 1.65. The molecule has 0 unspecified atom stereocenters. The fourth-order valence-corrected chi connectivity index (χ4v) is 2.61. The van der Waals surface area contributed by atoms with Crippen LogP contribution in [0.2, 0.25) is 0 Å². The molecule has 0 spiro atoms. The fraction of sp³-hybridized carbons (Fsp3) is 0.308. The smallest absolute Gasteiger partial charge is 0.243 e. The number of sulfonamides is 1. The van der Waals surface area contributed by atoms with Crippen molar-refractivity contribution in [3.63, 3.8) is 0 Å². The molecule has 1 aromatic heterocycles. The van der Waals surface area contributed by atoms with Crippen molar-refractivity contribution in [2.75, 3.05) is 0 Å². The van der Waals surface area contributed by atoms with Crippen LogP contribution in [0.15, 0.2) is 41.6 Å². The van der Waals surface area contributed by atoms with Crippen LogP contribution in [0, 0.1) is 5.82 Å². The number of nitrogens with zero attached hydrogens (tertiary/aromatic N) is 2. The minimum absolute atomic E-state index is 0.0347. The largest absolute Gasteiger partial charge is 0.269 e. The summed E-state index contributed by atoms with van der Waals surface area (Å²) in [6, 6.07) is 5.88. The van der Waals surface area contributed by atoms with Gasteiger partial charge in [-0.25, -0.2) is 17.5 Å². The highest BCUT2D eigenvalue weighted by molar-refractivity contribution is 7.89. The van der Waals surface area contributed by atoms with E-state index in [4.69, 9.17) is 0 Å². The second kappa shape index (κ2) is 5.72. The third-order valence-corrected chi connectivity index (χ3v) is 4.13. The monoisotopic (exact) mass is 297 g/mol. The molecule has 1 N–H and O–H groups in total. The molecule has 0 radical (unpaired) electrons. The van der Waals surface area contributed by atoms with E-state index in [9.17, 15) is 12.8 Å². The Kier molecular flexibility index (Phi) is 4.20. The Balaban J connectivity index is 2.11. The van der Waals surface area contributed by atoms with Gasteiger partial charge in [-0.3, -0.25) is 4.68 Å². The Morgan fingerprint density at radius 2 is 2.15 bits per heavy atom. The molecule has 0 amide bonds. The summed E-state index contributed by atoms with van der Waals surface area (Å²) in [6.07, 6.45) is 2.77. The molecule has 1 heterocycles. The second-order valence-corrected chi connectivity index (χ2v) is 6.47. The minimum Gasteiger partial charge on any atom is -0.269 e. The lowest BCUT2D eigenvalue weighted by molar-refractivity contribution is 0.531. The Morgan fingerprint density at radius 3 is 2.75 bits per heavy atom. The SMILES string of the molecule is CC(C)n1cc(S(=O)(=O)NCc2cccc(F)c2)cn1. The zero-order valence-electron chi connectivity index (χ0n) is 11.2. The van der Waals surface area contributed by atoms with Crippen LogP contribution in [0.1, 0.15) is 25.5 Å². The van der Waals surface area contributed by atoms with Crippen molar-refractivity contribution in [3.05, 3.63) is 48.0 Å². The maximum absolute atomic E-state index is 13.0. The van der Waals surface area contributed by atoms with Gasteiger partial charge in [0.05, 0.1) is 6.20 Å². The first-order chi connectivity index (χ1) is 9.38. The third kappa shape index (κ3) is 3.43. The van der Waals surface area contributed by atoms with Gasteiger partial charge in [-0.15, -0.1) is 0 Å². The van der Waals surface area contributed by atoms with Gasteiger partial charge in [0.1, 0.15) is 10.7 Å². The van der Waals surface area contributed by atoms with Gasteiger partial charge in [0.15, 0.2) is 0 Å². The van der Waals surface area contributed by atoms with Crippen molar-refractivity contribution in [2.24, 2.45) is 0 Å². The van der Waals surface area contributed by atoms with Crippen LogP contribution in [-0.2, 0) is 16.6 Å². The van der Waals surface area contributed by atoms with Crippen molar-refractivity contribution >= 4 is 10.0 Å². The molecule has 2 aromatic rings. The van der Waals surface area contributed by atoms with E-state index in [1.165, 1.54) is 30.6 Å². The van der Waals surface area contributed by atoms with Gasteiger partial charge in [0.2, 0.25) is 10.0 Å². The summed E-state index contributed by atoms with van der Waals surface area (Å²) in [7, 11) is -3.64. The summed E-state index contributed by atoms with van der Waals surface area (Å²) in [5.41, 5.74) is 0.560. The van der Waals surface area contributed by atoms with Gasteiger partial charge in [-0.2, -0.15) is 5.10 Å². The predicted octanol–water partition coefficient (Wildman–Crippen LogP) is 2.08. The van der Waals surface area contributed by atoms with E-state index >= 15 is 0 Å². The van der Waals surface area contributed by atoms with E-state index in [-0.39, 0.29) is 17.5 Å². The number of hydrogen-bond donors (Lipinski definition) is 1. The first-order valence-corrected chi connectivity index (χ1v) is 7.65. The zero-order chi connectivity index (χ0) is 14.8. The van der Waals surface area contributed by atoms with E-state index in [1.807, 2.05) is 13.8 Å². The van der Waals surface area contributed by atoms with Crippen LogP contribution in [0.4, 0.5) is 4.39 Å². The second-order valence-electron chi connectivity index (χ2n) is 4.70. The number of halogens is 1. The Bertz CT molecular complexity index is 695. The summed E-state index contributed by atoms with van der Waals surface area (Å²) < 4.78 is 41.1. The van der Waals surface area contributed by atoms with Crippen LogP contribution in [0.3, 0.4) is 0 Å². The summed E-state index contributed by atoms with van der Waals surface area (Å²) in [5, 5.41) is 3.99. The highest BCUT2D eigenvalue weighted by Crippen LogP contribution is 2.12. The standard InChI is InChI=1S/C13H16FN3O2S/c1-10(2)17-9-13(8-15-17)20(18,19)16-7-11-4-3-5-12(14)6-11/h3-6,8-10,16H,7H2,1-2H3. The van der Waals surface area contributed by atoms with Gasteiger partial charge in [-0.05, 0) is 31.5 Å². The molecule has 0 aliphatic carbocycles. The van der Waals surface area contributed by atoms with Crippen molar-refractivity contribution < 1.29 is 12.8 Å². The van der Waals surface area contributed by atoms with Crippen molar-refractivity contribution in [1.82, 2.24) is 14.5 Å². The average molecular weight is 297 g/mol. The zero-order valence-corrected chi connectivity index (χ0v) is 12.1. The molecule has 2 rings (SSSR count).